The van der Waals surface area contributed by atoms with Crippen molar-refractivity contribution in [3.63, 3.8) is 0 Å². The van der Waals surface area contributed by atoms with Crippen LogP contribution in [0.4, 0.5) is 13.6 Å². The number of hydrogen-bond acceptors (Lipinski definition) is 4. The smallest absolute Gasteiger partial charge is 0.406 e. The molecule has 1 aromatic rings. The van der Waals surface area contributed by atoms with E-state index >= 15 is 0 Å². The highest BCUT2D eigenvalue weighted by Crippen LogP contribution is 2.31. The molecule has 128 valence electrons. The van der Waals surface area contributed by atoms with Crippen molar-refractivity contribution < 1.29 is 23.0 Å². The molecule has 0 radical (unpaired) electrons. The minimum Gasteiger partial charge on any atom is -0.453 e. The highest BCUT2D eigenvalue weighted by atomic mass is 19.1. The summed E-state index contributed by atoms with van der Waals surface area (Å²) in [4.78, 5) is 11.0. The first-order valence-corrected chi connectivity index (χ1v) is 7.70. The molecule has 1 aromatic carbocycles. The molecule has 0 bridgehead atoms. The van der Waals surface area contributed by atoms with Crippen LogP contribution in [-0.2, 0) is 9.47 Å². The second-order valence-corrected chi connectivity index (χ2v) is 5.52. The number of hydrogen-bond donors (Lipinski definition) is 2. The summed E-state index contributed by atoms with van der Waals surface area (Å²) in [6.45, 7) is 2.16. The Morgan fingerprint density at radius 3 is 2.74 bits per heavy atom. The van der Waals surface area contributed by atoms with Gasteiger partial charge in [0, 0.05) is 25.1 Å². The van der Waals surface area contributed by atoms with Crippen LogP contribution in [0.5, 0.6) is 0 Å². The summed E-state index contributed by atoms with van der Waals surface area (Å²) in [6, 6.07) is 3.45. The third kappa shape index (κ3) is 5.44. The van der Waals surface area contributed by atoms with E-state index in [-0.39, 0.29) is 19.1 Å². The largest absolute Gasteiger partial charge is 0.453 e. The molecule has 2 N–H and O–H groups in total. The molecule has 2 rings (SSSR count). The van der Waals surface area contributed by atoms with Crippen molar-refractivity contribution in [3.05, 3.63) is 35.4 Å². The number of benzene rings is 1. The van der Waals surface area contributed by atoms with Gasteiger partial charge >= 0.3 is 6.09 Å². The lowest BCUT2D eigenvalue weighted by molar-refractivity contribution is 0.00439. The zero-order valence-electron chi connectivity index (χ0n) is 13.1. The molecule has 1 aliphatic heterocycles. The van der Waals surface area contributed by atoms with Crippen molar-refractivity contribution in [2.24, 2.45) is 5.92 Å². The summed E-state index contributed by atoms with van der Waals surface area (Å²) in [5.74, 6) is -1.11. The summed E-state index contributed by atoms with van der Waals surface area (Å²) < 4.78 is 37.3. The van der Waals surface area contributed by atoms with Gasteiger partial charge in [-0.3, -0.25) is 0 Å². The second-order valence-electron chi connectivity index (χ2n) is 5.52. The minimum absolute atomic E-state index is 0.128. The van der Waals surface area contributed by atoms with Gasteiger partial charge in [-0.25, -0.2) is 13.6 Å². The number of methoxy groups -OCH3 is 1. The normalized spacial score (nSPS) is 19.2. The Labute approximate surface area is 134 Å². The van der Waals surface area contributed by atoms with Crippen LogP contribution in [0.3, 0.4) is 0 Å². The summed E-state index contributed by atoms with van der Waals surface area (Å²) in [6.07, 6.45) is 0.942. The first-order valence-electron chi connectivity index (χ1n) is 7.70. The molecule has 0 aromatic heterocycles. The van der Waals surface area contributed by atoms with E-state index in [1.807, 2.05) is 0 Å². The number of nitrogens with one attached hydrogen (secondary N) is 2. The van der Waals surface area contributed by atoms with Crippen molar-refractivity contribution in [3.8, 4) is 0 Å². The maximum absolute atomic E-state index is 13.5. The summed E-state index contributed by atoms with van der Waals surface area (Å²) in [5.41, 5.74) is 0.481. The van der Waals surface area contributed by atoms with Gasteiger partial charge in [0.2, 0.25) is 0 Å². The molecule has 1 aliphatic rings. The van der Waals surface area contributed by atoms with Crippen LogP contribution < -0.4 is 10.6 Å². The number of carbonyl (C=O) groups is 1. The zero-order chi connectivity index (χ0) is 16.7. The molecule has 0 aliphatic carbocycles. The number of rotatable bonds is 6. The number of ether oxygens (including phenoxy) is 2. The topological polar surface area (TPSA) is 59.6 Å². The lowest BCUT2D eigenvalue weighted by Gasteiger charge is -2.31. The Hall–Kier alpha value is -1.73. The Morgan fingerprint density at radius 1 is 1.39 bits per heavy atom. The molecule has 5 nitrogen and oxygen atoms in total. The molecular weight excluding hydrogens is 306 g/mol. The molecular formula is C16H22F2N2O3. The van der Waals surface area contributed by atoms with Gasteiger partial charge in [0.1, 0.15) is 11.6 Å². The number of halogens is 2. The lowest BCUT2D eigenvalue weighted by Crippen LogP contribution is -2.35. The molecule has 1 heterocycles. The average molecular weight is 328 g/mol. The van der Waals surface area contributed by atoms with Crippen LogP contribution in [-0.4, -0.2) is 39.4 Å². The van der Waals surface area contributed by atoms with Gasteiger partial charge in [0.15, 0.2) is 0 Å². The van der Waals surface area contributed by atoms with Crippen LogP contribution in [0.1, 0.15) is 24.5 Å². The van der Waals surface area contributed by atoms with E-state index in [0.29, 0.717) is 5.56 Å². The van der Waals surface area contributed by atoms with E-state index in [2.05, 4.69) is 15.4 Å². The van der Waals surface area contributed by atoms with Crippen LogP contribution in [0.2, 0.25) is 0 Å². The third-order valence-corrected chi connectivity index (χ3v) is 3.83. The van der Waals surface area contributed by atoms with Crippen LogP contribution >= 0.6 is 0 Å². The van der Waals surface area contributed by atoms with Gasteiger partial charge in [-0.15, -0.1) is 0 Å². The molecule has 0 spiro atoms. The SMILES string of the molecule is COC(=O)NCCOC(c1cc(F)cc(F)c1)[C@@H]1CCCNC1. The van der Waals surface area contributed by atoms with Crippen molar-refractivity contribution >= 4 is 6.09 Å². The van der Waals surface area contributed by atoms with Crippen LogP contribution in [0.15, 0.2) is 18.2 Å². The van der Waals surface area contributed by atoms with Crippen molar-refractivity contribution in [1.29, 1.82) is 0 Å². The van der Waals surface area contributed by atoms with E-state index in [4.69, 9.17) is 4.74 Å². The lowest BCUT2D eigenvalue weighted by atomic mass is 9.89. The fraction of sp³-hybridized carbons (Fsp3) is 0.562. The minimum atomic E-state index is -0.620. The first kappa shape index (κ1) is 17.6. The van der Waals surface area contributed by atoms with Gasteiger partial charge in [0.05, 0.1) is 19.8 Å². The molecule has 23 heavy (non-hydrogen) atoms. The van der Waals surface area contributed by atoms with E-state index in [1.54, 1.807) is 0 Å². The van der Waals surface area contributed by atoms with Gasteiger partial charge in [-0.2, -0.15) is 0 Å². The number of amides is 1. The molecule has 2 atom stereocenters. The average Bonchev–Trinajstić information content (AvgIpc) is 2.54. The Balaban J connectivity index is 2.03. The van der Waals surface area contributed by atoms with Gasteiger partial charge < -0.3 is 20.1 Å². The Morgan fingerprint density at radius 2 is 2.13 bits per heavy atom. The molecule has 7 heteroatoms. The zero-order valence-corrected chi connectivity index (χ0v) is 13.1. The van der Waals surface area contributed by atoms with Gasteiger partial charge in [-0.05, 0) is 37.1 Å². The standard InChI is InChI=1S/C16H22F2N2O3/c1-22-16(21)20-5-6-23-15(11-3-2-4-19-10-11)12-7-13(17)9-14(18)8-12/h7-9,11,15,19H,2-6,10H2,1H3,(H,20,21)/t11-,15?/m1/s1. The maximum atomic E-state index is 13.5. The molecule has 1 saturated heterocycles. The maximum Gasteiger partial charge on any atom is 0.406 e. The molecule has 1 fully saturated rings. The van der Waals surface area contributed by atoms with Crippen LogP contribution in [0.25, 0.3) is 0 Å². The van der Waals surface area contributed by atoms with Gasteiger partial charge in [0.25, 0.3) is 0 Å². The summed E-state index contributed by atoms with van der Waals surface area (Å²) >= 11 is 0. The predicted octanol–water partition coefficient (Wildman–Crippen LogP) is 2.38. The number of piperidine rings is 1. The molecule has 1 unspecified atom stereocenters. The van der Waals surface area contributed by atoms with Crippen molar-refractivity contribution in [2.45, 2.75) is 18.9 Å². The molecule has 1 amide bonds. The number of carbonyl (C=O) groups excluding carboxylic acids is 1. The second kappa shape index (κ2) is 8.79. The fourth-order valence-electron chi connectivity index (χ4n) is 2.79. The Bertz CT molecular complexity index is 502. The first-order chi connectivity index (χ1) is 11.1. The van der Waals surface area contributed by atoms with Gasteiger partial charge in [-0.1, -0.05) is 0 Å². The third-order valence-electron chi connectivity index (χ3n) is 3.83. The highest BCUT2D eigenvalue weighted by molar-refractivity contribution is 5.66. The van der Waals surface area contributed by atoms with E-state index in [9.17, 15) is 13.6 Å². The quantitative estimate of drug-likeness (QED) is 0.787. The number of alkyl carbamates (subject to hydrolysis) is 1. The Kier molecular flexibility index (Phi) is 6.73. The summed E-state index contributed by atoms with van der Waals surface area (Å²) in [5, 5.41) is 5.79. The van der Waals surface area contributed by atoms with Crippen molar-refractivity contribution in [1.82, 2.24) is 10.6 Å². The summed E-state index contributed by atoms with van der Waals surface area (Å²) in [7, 11) is 1.28. The highest BCUT2D eigenvalue weighted by Gasteiger charge is 2.26. The monoisotopic (exact) mass is 328 g/mol. The van der Waals surface area contributed by atoms with E-state index < -0.39 is 23.8 Å². The van der Waals surface area contributed by atoms with Crippen LogP contribution in [0, 0.1) is 17.6 Å². The fourth-order valence-corrected chi connectivity index (χ4v) is 2.79. The van der Waals surface area contributed by atoms with E-state index in [0.717, 1.165) is 32.0 Å². The van der Waals surface area contributed by atoms with E-state index in [1.165, 1.54) is 19.2 Å². The molecule has 0 saturated carbocycles. The predicted molar refractivity (Wildman–Crippen MR) is 81.1 cm³/mol. The van der Waals surface area contributed by atoms with Crippen molar-refractivity contribution in [2.75, 3.05) is 33.4 Å².